The number of anilines is 1. The Balaban J connectivity index is 1.59. The Kier molecular flexibility index (Phi) is 8.20. The predicted molar refractivity (Wildman–Crippen MR) is 119 cm³/mol. The predicted octanol–water partition coefficient (Wildman–Crippen LogP) is 2.46. The van der Waals surface area contributed by atoms with Crippen molar-refractivity contribution in [3.63, 3.8) is 0 Å². The van der Waals surface area contributed by atoms with E-state index in [1.165, 1.54) is 18.2 Å². The van der Waals surface area contributed by atoms with E-state index in [2.05, 4.69) is 34.3 Å². The Labute approximate surface area is 182 Å². The number of ether oxygens (including phenoxy) is 2. The van der Waals surface area contributed by atoms with Gasteiger partial charge in [-0.25, -0.2) is 4.79 Å². The molecule has 0 unspecified atom stereocenters. The summed E-state index contributed by atoms with van der Waals surface area (Å²) in [4.78, 5) is 25.0. The van der Waals surface area contributed by atoms with Gasteiger partial charge in [0.1, 0.15) is 18.8 Å². The molecule has 1 amide bonds. The van der Waals surface area contributed by atoms with Gasteiger partial charge in [-0.1, -0.05) is 60.7 Å². The van der Waals surface area contributed by atoms with E-state index in [1.54, 1.807) is 24.3 Å². The lowest BCUT2D eigenvalue weighted by atomic mass is 10.1. The number of hydrogen-bond acceptors (Lipinski definition) is 4. The third-order valence-electron chi connectivity index (χ3n) is 4.73. The van der Waals surface area contributed by atoms with Crippen LogP contribution in [0.15, 0.2) is 84.9 Å². The van der Waals surface area contributed by atoms with Gasteiger partial charge in [-0.05, 0) is 24.3 Å². The first-order valence-electron chi connectivity index (χ1n) is 10.1. The Morgan fingerprint density at radius 1 is 0.806 bits per heavy atom. The number of methoxy groups -OCH3 is 1. The highest BCUT2D eigenvalue weighted by Crippen LogP contribution is 2.15. The second-order valence-electron chi connectivity index (χ2n) is 7.19. The second kappa shape index (κ2) is 11.5. The van der Waals surface area contributed by atoms with Gasteiger partial charge in [0.15, 0.2) is 13.2 Å². The minimum absolute atomic E-state index is 0.0647. The molecule has 0 bridgehead atoms. The number of carbonyl (C=O) groups is 2. The molecule has 3 rings (SSSR count). The van der Waals surface area contributed by atoms with Crippen molar-refractivity contribution in [2.24, 2.45) is 0 Å². The summed E-state index contributed by atoms with van der Waals surface area (Å²) in [5, 5.41) is 2.94. The van der Waals surface area contributed by atoms with Crippen molar-refractivity contribution in [1.29, 1.82) is 0 Å². The summed E-state index contributed by atoms with van der Waals surface area (Å²) in [6.07, 6.45) is 0. The molecule has 2 N–H and O–H groups in total. The van der Waals surface area contributed by atoms with E-state index in [-0.39, 0.29) is 12.5 Å². The number of rotatable bonds is 10. The molecular formula is C25H27N2O4+. The molecule has 0 atom stereocenters. The molecule has 0 radical (unpaired) electrons. The highest BCUT2D eigenvalue weighted by molar-refractivity contribution is 5.91. The molecule has 0 aliphatic heterocycles. The molecule has 160 valence electrons. The van der Waals surface area contributed by atoms with Crippen molar-refractivity contribution in [3.05, 3.63) is 96.1 Å². The molecule has 0 spiro atoms. The first kappa shape index (κ1) is 22.1. The van der Waals surface area contributed by atoms with E-state index < -0.39 is 5.97 Å². The van der Waals surface area contributed by atoms with Crippen LogP contribution >= 0.6 is 0 Å². The van der Waals surface area contributed by atoms with Gasteiger partial charge in [0.25, 0.3) is 5.91 Å². The second-order valence-corrected chi connectivity index (χ2v) is 7.19. The summed E-state index contributed by atoms with van der Waals surface area (Å²) >= 11 is 0. The van der Waals surface area contributed by atoms with Crippen LogP contribution < -0.4 is 15.0 Å². The normalized spacial score (nSPS) is 10.5. The van der Waals surface area contributed by atoms with E-state index in [1.807, 2.05) is 36.4 Å². The largest absolute Gasteiger partial charge is 0.482 e. The van der Waals surface area contributed by atoms with Gasteiger partial charge in [-0.15, -0.1) is 0 Å². The third-order valence-corrected chi connectivity index (χ3v) is 4.73. The van der Waals surface area contributed by atoms with E-state index in [0.29, 0.717) is 18.0 Å². The van der Waals surface area contributed by atoms with Gasteiger partial charge < -0.3 is 19.7 Å². The average Bonchev–Trinajstić information content (AvgIpc) is 2.79. The molecule has 3 aromatic rings. The van der Waals surface area contributed by atoms with Crippen molar-refractivity contribution < 1.29 is 24.0 Å². The highest BCUT2D eigenvalue weighted by Gasteiger charge is 2.16. The van der Waals surface area contributed by atoms with Crippen LogP contribution in [0.5, 0.6) is 5.75 Å². The zero-order valence-electron chi connectivity index (χ0n) is 17.5. The van der Waals surface area contributed by atoms with E-state index in [4.69, 9.17) is 4.74 Å². The Morgan fingerprint density at radius 2 is 1.35 bits per heavy atom. The van der Waals surface area contributed by atoms with Crippen molar-refractivity contribution in [2.75, 3.05) is 25.6 Å². The zero-order chi connectivity index (χ0) is 21.9. The number of carbonyl (C=O) groups excluding carboxylic acids is 2. The number of quaternary nitrogens is 1. The zero-order valence-corrected chi connectivity index (χ0v) is 17.5. The molecule has 0 aliphatic carbocycles. The maximum absolute atomic E-state index is 12.7. The standard InChI is InChI=1S/C25H26N2O4/c1-30-25(29)19-31-23-14-12-22(13-15-23)26-24(28)18-27(16-20-8-4-2-5-9-20)17-21-10-6-3-7-11-21/h2-15H,16-19H2,1H3,(H,26,28)/p+1. The topological polar surface area (TPSA) is 69.1 Å². The maximum atomic E-state index is 12.7. The lowest BCUT2D eigenvalue weighted by Gasteiger charge is -2.19. The number of nitrogens with one attached hydrogen (secondary N) is 2. The maximum Gasteiger partial charge on any atom is 0.343 e. The number of esters is 1. The Hall–Kier alpha value is -3.64. The summed E-state index contributed by atoms with van der Waals surface area (Å²) in [6.45, 7) is 1.69. The lowest BCUT2D eigenvalue weighted by molar-refractivity contribution is -0.919. The van der Waals surface area contributed by atoms with E-state index in [9.17, 15) is 9.59 Å². The van der Waals surface area contributed by atoms with Crippen LogP contribution in [0.3, 0.4) is 0 Å². The highest BCUT2D eigenvalue weighted by atomic mass is 16.6. The molecular weight excluding hydrogens is 392 g/mol. The van der Waals surface area contributed by atoms with Crippen LogP contribution in [0.4, 0.5) is 5.69 Å². The van der Waals surface area contributed by atoms with Crippen molar-refractivity contribution in [3.8, 4) is 5.75 Å². The summed E-state index contributed by atoms with van der Waals surface area (Å²) in [7, 11) is 1.31. The van der Waals surface area contributed by atoms with Gasteiger partial charge in [-0.2, -0.15) is 0 Å². The van der Waals surface area contributed by atoms with E-state index in [0.717, 1.165) is 18.0 Å². The monoisotopic (exact) mass is 419 g/mol. The van der Waals surface area contributed by atoms with Crippen LogP contribution in [-0.2, 0) is 27.4 Å². The number of hydrogen-bond donors (Lipinski definition) is 2. The molecule has 3 aromatic carbocycles. The van der Waals surface area contributed by atoms with Crippen LogP contribution in [0, 0.1) is 0 Å². The molecule has 0 heterocycles. The summed E-state index contributed by atoms with van der Waals surface area (Å²) in [6, 6.07) is 27.3. The molecule has 0 saturated heterocycles. The van der Waals surface area contributed by atoms with Gasteiger partial charge in [0.2, 0.25) is 0 Å². The average molecular weight is 420 g/mol. The number of benzene rings is 3. The first-order chi connectivity index (χ1) is 15.1. The Morgan fingerprint density at radius 3 is 1.87 bits per heavy atom. The summed E-state index contributed by atoms with van der Waals surface area (Å²) < 4.78 is 9.87. The van der Waals surface area contributed by atoms with Gasteiger partial charge >= 0.3 is 5.97 Å². The lowest BCUT2D eigenvalue weighted by Crippen LogP contribution is -3.10. The van der Waals surface area contributed by atoms with Crippen LogP contribution in [0.25, 0.3) is 0 Å². The molecule has 31 heavy (non-hydrogen) atoms. The van der Waals surface area contributed by atoms with Crippen molar-refractivity contribution in [2.45, 2.75) is 13.1 Å². The number of amides is 1. The van der Waals surface area contributed by atoms with Gasteiger partial charge in [0.05, 0.1) is 7.11 Å². The molecule has 6 heteroatoms. The van der Waals surface area contributed by atoms with Crippen LogP contribution in [0.1, 0.15) is 11.1 Å². The Bertz CT molecular complexity index is 918. The molecule has 0 aliphatic rings. The fourth-order valence-corrected chi connectivity index (χ4v) is 3.22. The van der Waals surface area contributed by atoms with Crippen molar-refractivity contribution in [1.82, 2.24) is 0 Å². The van der Waals surface area contributed by atoms with Crippen molar-refractivity contribution >= 4 is 17.6 Å². The van der Waals surface area contributed by atoms with Gasteiger partial charge in [-0.3, -0.25) is 4.79 Å². The first-order valence-corrected chi connectivity index (χ1v) is 10.1. The van der Waals surface area contributed by atoms with Crippen LogP contribution in [-0.4, -0.2) is 32.1 Å². The summed E-state index contributed by atoms with van der Waals surface area (Å²) in [5.74, 6) is 0.0196. The SMILES string of the molecule is COC(=O)COc1ccc(NC(=O)C[NH+](Cc2ccccc2)Cc2ccccc2)cc1. The van der Waals surface area contributed by atoms with Crippen LogP contribution in [0.2, 0.25) is 0 Å². The molecule has 0 saturated carbocycles. The molecule has 6 nitrogen and oxygen atoms in total. The minimum atomic E-state index is -0.447. The quantitative estimate of drug-likeness (QED) is 0.496. The summed E-state index contributed by atoms with van der Waals surface area (Å²) in [5.41, 5.74) is 3.05. The fourth-order valence-electron chi connectivity index (χ4n) is 3.22. The molecule has 0 fully saturated rings. The van der Waals surface area contributed by atoms with Gasteiger partial charge in [0, 0.05) is 16.8 Å². The fraction of sp³-hybridized carbons (Fsp3) is 0.200. The third kappa shape index (κ3) is 7.60. The van der Waals surface area contributed by atoms with E-state index >= 15 is 0 Å². The molecule has 0 aromatic heterocycles. The minimum Gasteiger partial charge on any atom is -0.482 e. The smallest absolute Gasteiger partial charge is 0.343 e.